The maximum absolute atomic E-state index is 5.80. The molecule has 1 atom stereocenters. The minimum Gasteiger partial charge on any atom is -0.384 e. The van der Waals surface area contributed by atoms with E-state index in [4.69, 9.17) is 10.5 Å². The molecule has 1 aliphatic rings. The number of thioether (sulfide) groups is 1. The monoisotopic (exact) mass is 282 g/mol. The molecule has 0 amide bonds. The molecule has 106 valence electrons. The fourth-order valence-electron chi connectivity index (χ4n) is 2.12. The zero-order valence-corrected chi connectivity index (χ0v) is 12.4. The maximum Gasteiger partial charge on any atom is 0.158 e. The SMILES string of the molecule is CCOCc1nc(N)cc(NCC2(C)CCCS2)n1. The highest BCUT2D eigenvalue weighted by molar-refractivity contribution is 8.00. The molecule has 0 bridgehead atoms. The van der Waals surface area contributed by atoms with Crippen LogP contribution in [0.15, 0.2) is 6.07 Å². The normalized spacial score (nSPS) is 22.6. The molecule has 3 N–H and O–H groups in total. The van der Waals surface area contributed by atoms with Crippen molar-refractivity contribution in [1.82, 2.24) is 9.97 Å². The summed E-state index contributed by atoms with van der Waals surface area (Å²) in [4.78, 5) is 8.59. The average Bonchev–Trinajstić information content (AvgIpc) is 2.81. The Labute approximate surface area is 118 Å². The summed E-state index contributed by atoms with van der Waals surface area (Å²) in [7, 11) is 0. The first kappa shape index (κ1) is 14.4. The Morgan fingerprint density at radius 3 is 3.05 bits per heavy atom. The van der Waals surface area contributed by atoms with Gasteiger partial charge < -0.3 is 15.8 Å². The Kier molecular flexibility index (Phi) is 4.87. The molecule has 2 heterocycles. The lowest BCUT2D eigenvalue weighted by Gasteiger charge is -2.23. The van der Waals surface area contributed by atoms with Gasteiger partial charge in [0.25, 0.3) is 0 Å². The third-order valence-electron chi connectivity index (χ3n) is 3.17. The van der Waals surface area contributed by atoms with Crippen LogP contribution in [-0.4, -0.2) is 33.6 Å². The highest BCUT2D eigenvalue weighted by Gasteiger charge is 2.29. The smallest absolute Gasteiger partial charge is 0.158 e. The number of aromatic nitrogens is 2. The highest BCUT2D eigenvalue weighted by atomic mass is 32.2. The summed E-state index contributed by atoms with van der Waals surface area (Å²) in [6.45, 7) is 6.20. The molecule has 1 aromatic heterocycles. The van der Waals surface area contributed by atoms with E-state index in [0.29, 0.717) is 29.6 Å². The second-order valence-electron chi connectivity index (χ2n) is 4.99. The Hall–Kier alpha value is -1.01. The van der Waals surface area contributed by atoms with Gasteiger partial charge in [0, 0.05) is 24.0 Å². The van der Waals surface area contributed by atoms with Gasteiger partial charge in [0.05, 0.1) is 0 Å². The molecule has 0 aliphatic carbocycles. The molecule has 5 nitrogen and oxygen atoms in total. The minimum absolute atomic E-state index is 0.305. The lowest BCUT2D eigenvalue weighted by atomic mass is 10.1. The molecule has 6 heteroatoms. The van der Waals surface area contributed by atoms with Gasteiger partial charge in [0.15, 0.2) is 5.82 Å². The van der Waals surface area contributed by atoms with Crippen LogP contribution in [0.5, 0.6) is 0 Å². The third-order valence-corrected chi connectivity index (χ3v) is 4.71. The number of hydrogen-bond acceptors (Lipinski definition) is 6. The van der Waals surface area contributed by atoms with Crippen LogP contribution in [0, 0.1) is 0 Å². The number of nitrogens with one attached hydrogen (secondary N) is 1. The van der Waals surface area contributed by atoms with Crippen molar-refractivity contribution in [3.8, 4) is 0 Å². The predicted octanol–water partition coefficient (Wildman–Crippen LogP) is 2.29. The molecule has 1 saturated heterocycles. The number of hydrogen-bond donors (Lipinski definition) is 2. The van der Waals surface area contributed by atoms with Crippen molar-refractivity contribution in [3.05, 3.63) is 11.9 Å². The number of nitrogens with two attached hydrogens (primary N) is 1. The molecule has 1 unspecified atom stereocenters. The van der Waals surface area contributed by atoms with E-state index in [1.807, 2.05) is 18.7 Å². The van der Waals surface area contributed by atoms with E-state index in [-0.39, 0.29) is 0 Å². The molecule has 0 radical (unpaired) electrons. The zero-order chi connectivity index (χ0) is 13.7. The van der Waals surface area contributed by atoms with Gasteiger partial charge in [-0.3, -0.25) is 0 Å². The van der Waals surface area contributed by atoms with E-state index in [2.05, 4.69) is 22.2 Å². The fourth-order valence-corrected chi connectivity index (χ4v) is 3.36. The summed E-state index contributed by atoms with van der Waals surface area (Å²) in [6, 6.07) is 1.78. The molecule has 0 aromatic carbocycles. The first-order valence-electron chi connectivity index (χ1n) is 6.70. The summed E-state index contributed by atoms with van der Waals surface area (Å²) in [5.74, 6) is 3.15. The van der Waals surface area contributed by atoms with Gasteiger partial charge >= 0.3 is 0 Å². The van der Waals surface area contributed by atoms with Crippen molar-refractivity contribution < 1.29 is 4.74 Å². The summed E-state index contributed by atoms with van der Waals surface area (Å²) in [5.41, 5.74) is 5.80. The summed E-state index contributed by atoms with van der Waals surface area (Å²) in [6.07, 6.45) is 2.54. The van der Waals surface area contributed by atoms with Crippen molar-refractivity contribution in [2.45, 2.75) is 38.0 Å². The summed E-state index contributed by atoms with van der Waals surface area (Å²) >= 11 is 2.02. The number of nitrogens with zero attached hydrogens (tertiary/aromatic N) is 2. The molecule has 0 saturated carbocycles. The molecular weight excluding hydrogens is 260 g/mol. The topological polar surface area (TPSA) is 73.1 Å². The van der Waals surface area contributed by atoms with Crippen LogP contribution in [0.2, 0.25) is 0 Å². The first-order chi connectivity index (χ1) is 9.11. The average molecular weight is 282 g/mol. The van der Waals surface area contributed by atoms with Crippen LogP contribution in [0.1, 0.15) is 32.5 Å². The molecule has 1 aromatic rings. The van der Waals surface area contributed by atoms with Crippen molar-refractivity contribution in [2.75, 3.05) is 30.0 Å². The van der Waals surface area contributed by atoms with Crippen LogP contribution in [0.3, 0.4) is 0 Å². The van der Waals surface area contributed by atoms with Gasteiger partial charge in [0.2, 0.25) is 0 Å². The van der Waals surface area contributed by atoms with Crippen LogP contribution in [0.25, 0.3) is 0 Å². The van der Waals surface area contributed by atoms with E-state index in [1.54, 1.807) is 6.07 Å². The van der Waals surface area contributed by atoms with Gasteiger partial charge in [-0.15, -0.1) is 0 Å². The van der Waals surface area contributed by atoms with Gasteiger partial charge in [-0.25, -0.2) is 9.97 Å². The highest BCUT2D eigenvalue weighted by Crippen LogP contribution is 2.37. The first-order valence-corrected chi connectivity index (χ1v) is 7.69. The quantitative estimate of drug-likeness (QED) is 0.834. The number of nitrogen functional groups attached to an aromatic ring is 1. The zero-order valence-electron chi connectivity index (χ0n) is 11.6. The Balaban J connectivity index is 1.97. The summed E-state index contributed by atoms with van der Waals surface area (Å²) < 4.78 is 5.62. The fraction of sp³-hybridized carbons (Fsp3) is 0.692. The molecule has 2 rings (SSSR count). The van der Waals surface area contributed by atoms with E-state index >= 15 is 0 Å². The molecular formula is C13H22N4OS. The lowest BCUT2D eigenvalue weighted by molar-refractivity contribution is 0.128. The standard InChI is InChI=1S/C13H22N4OS/c1-3-18-8-12-16-10(14)7-11(17-12)15-9-13(2)5-4-6-19-13/h7H,3-6,8-9H2,1-2H3,(H3,14,15,16,17). The Bertz CT molecular complexity index is 421. The van der Waals surface area contributed by atoms with Crippen LogP contribution in [0.4, 0.5) is 11.6 Å². The summed E-state index contributed by atoms with van der Waals surface area (Å²) in [5, 5.41) is 3.38. The van der Waals surface area contributed by atoms with Gasteiger partial charge in [-0.1, -0.05) is 0 Å². The third kappa shape index (κ3) is 4.24. The van der Waals surface area contributed by atoms with Gasteiger partial charge in [-0.05, 0) is 32.4 Å². The van der Waals surface area contributed by atoms with E-state index in [0.717, 1.165) is 12.4 Å². The number of rotatable bonds is 6. The second-order valence-corrected chi connectivity index (χ2v) is 6.67. The van der Waals surface area contributed by atoms with E-state index < -0.39 is 0 Å². The van der Waals surface area contributed by atoms with Crippen molar-refractivity contribution in [3.63, 3.8) is 0 Å². The van der Waals surface area contributed by atoms with Crippen molar-refractivity contribution >= 4 is 23.4 Å². The van der Waals surface area contributed by atoms with Crippen molar-refractivity contribution in [1.29, 1.82) is 0 Å². The van der Waals surface area contributed by atoms with Gasteiger partial charge in [0.1, 0.15) is 18.2 Å². The van der Waals surface area contributed by atoms with Crippen LogP contribution >= 0.6 is 11.8 Å². The number of anilines is 2. The number of ether oxygens (including phenoxy) is 1. The maximum atomic E-state index is 5.80. The predicted molar refractivity (Wildman–Crippen MR) is 80.4 cm³/mol. The lowest BCUT2D eigenvalue weighted by Crippen LogP contribution is -2.27. The van der Waals surface area contributed by atoms with Gasteiger partial charge in [-0.2, -0.15) is 11.8 Å². The second kappa shape index (κ2) is 6.43. The Morgan fingerprint density at radius 2 is 2.37 bits per heavy atom. The van der Waals surface area contributed by atoms with Crippen LogP contribution < -0.4 is 11.1 Å². The van der Waals surface area contributed by atoms with E-state index in [9.17, 15) is 0 Å². The molecule has 1 fully saturated rings. The molecule has 0 spiro atoms. The minimum atomic E-state index is 0.305. The Morgan fingerprint density at radius 1 is 1.53 bits per heavy atom. The molecule has 1 aliphatic heterocycles. The van der Waals surface area contributed by atoms with E-state index in [1.165, 1.54) is 18.6 Å². The molecule has 19 heavy (non-hydrogen) atoms. The van der Waals surface area contributed by atoms with Crippen molar-refractivity contribution in [2.24, 2.45) is 0 Å². The van der Waals surface area contributed by atoms with Crippen LogP contribution in [-0.2, 0) is 11.3 Å². The largest absolute Gasteiger partial charge is 0.384 e.